The maximum atomic E-state index is 4.03. The molecule has 0 saturated heterocycles. The third-order valence-corrected chi connectivity index (χ3v) is 4.74. The molecule has 1 fully saturated rings. The summed E-state index contributed by atoms with van der Waals surface area (Å²) in [5, 5.41) is 10.8. The van der Waals surface area contributed by atoms with Crippen molar-refractivity contribution in [1.82, 2.24) is 20.4 Å². The van der Waals surface area contributed by atoms with Crippen LogP contribution in [0, 0.1) is 5.92 Å². The molecule has 1 aromatic heterocycles. The lowest BCUT2D eigenvalue weighted by atomic mass is 9.75. The average molecular weight is 264 g/mol. The van der Waals surface area contributed by atoms with Gasteiger partial charge in [-0.15, -0.1) is 0 Å². The standard InChI is InChI=1S/C15H28N4/c1-12-6-5-8-15(10-12,19(3)4)11-16-13(2)14-7-9-17-18-14/h7,9,12-13,16H,5-6,8,10-11H2,1-4H3,(H,17,18). The van der Waals surface area contributed by atoms with Crippen molar-refractivity contribution in [3.8, 4) is 0 Å². The van der Waals surface area contributed by atoms with Gasteiger partial charge in [-0.05, 0) is 45.8 Å². The molecular weight excluding hydrogens is 236 g/mol. The van der Waals surface area contributed by atoms with Crippen LogP contribution in [-0.2, 0) is 0 Å². The Hall–Kier alpha value is -0.870. The molecule has 2 N–H and O–H groups in total. The number of hydrogen-bond acceptors (Lipinski definition) is 3. The van der Waals surface area contributed by atoms with Crippen molar-refractivity contribution in [2.45, 2.75) is 51.1 Å². The first-order valence-corrected chi connectivity index (χ1v) is 7.43. The van der Waals surface area contributed by atoms with E-state index in [1.54, 1.807) is 0 Å². The molecule has 1 aromatic rings. The highest BCUT2D eigenvalue weighted by molar-refractivity contribution is 5.04. The minimum Gasteiger partial charge on any atom is -0.307 e. The van der Waals surface area contributed by atoms with Crippen molar-refractivity contribution in [3.63, 3.8) is 0 Å². The van der Waals surface area contributed by atoms with E-state index in [-0.39, 0.29) is 0 Å². The number of hydrogen-bond donors (Lipinski definition) is 2. The van der Waals surface area contributed by atoms with Crippen LogP contribution in [0.1, 0.15) is 51.3 Å². The Morgan fingerprint density at radius 2 is 2.37 bits per heavy atom. The van der Waals surface area contributed by atoms with Gasteiger partial charge >= 0.3 is 0 Å². The van der Waals surface area contributed by atoms with Crippen LogP contribution < -0.4 is 5.32 Å². The lowest BCUT2D eigenvalue weighted by Crippen LogP contribution is -2.54. The van der Waals surface area contributed by atoms with E-state index in [9.17, 15) is 0 Å². The molecule has 1 heterocycles. The highest BCUT2D eigenvalue weighted by Crippen LogP contribution is 2.35. The van der Waals surface area contributed by atoms with E-state index in [4.69, 9.17) is 0 Å². The number of likely N-dealkylation sites (N-methyl/N-ethyl adjacent to an activating group) is 1. The fourth-order valence-corrected chi connectivity index (χ4v) is 3.32. The molecule has 1 aliphatic rings. The fourth-order valence-electron chi connectivity index (χ4n) is 3.32. The highest BCUT2D eigenvalue weighted by Gasteiger charge is 2.36. The van der Waals surface area contributed by atoms with Crippen molar-refractivity contribution in [2.75, 3.05) is 20.6 Å². The van der Waals surface area contributed by atoms with Crippen LogP contribution >= 0.6 is 0 Å². The number of nitrogens with zero attached hydrogens (tertiary/aromatic N) is 2. The summed E-state index contributed by atoms with van der Waals surface area (Å²) < 4.78 is 0. The fraction of sp³-hybridized carbons (Fsp3) is 0.800. The third-order valence-electron chi connectivity index (χ3n) is 4.74. The zero-order valence-electron chi connectivity index (χ0n) is 12.7. The average Bonchev–Trinajstić information content (AvgIpc) is 2.89. The maximum Gasteiger partial charge on any atom is 0.0518 e. The van der Waals surface area contributed by atoms with Crippen LogP contribution in [0.3, 0.4) is 0 Å². The Balaban J connectivity index is 1.97. The van der Waals surface area contributed by atoms with Gasteiger partial charge in [-0.25, -0.2) is 0 Å². The van der Waals surface area contributed by atoms with E-state index >= 15 is 0 Å². The largest absolute Gasteiger partial charge is 0.307 e. The molecule has 108 valence electrons. The molecule has 0 spiro atoms. The minimum absolute atomic E-state index is 0.311. The van der Waals surface area contributed by atoms with Crippen LogP contribution in [-0.4, -0.2) is 41.3 Å². The zero-order valence-corrected chi connectivity index (χ0v) is 12.7. The lowest BCUT2D eigenvalue weighted by Gasteiger charge is -2.46. The Morgan fingerprint density at radius 1 is 1.58 bits per heavy atom. The molecule has 1 aliphatic carbocycles. The van der Waals surface area contributed by atoms with Crippen molar-refractivity contribution < 1.29 is 0 Å². The van der Waals surface area contributed by atoms with Crippen LogP contribution in [0.4, 0.5) is 0 Å². The number of H-pyrrole nitrogens is 1. The molecule has 4 heteroatoms. The molecule has 0 aromatic carbocycles. The van der Waals surface area contributed by atoms with Gasteiger partial charge < -0.3 is 10.2 Å². The van der Waals surface area contributed by atoms with E-state index in [0.717, 1.165) is 18.2 Å². The summed E-state index contributed by atoms with van der Waals surface area (Å²) >= 11 is 0. The van der Waals surface area contributed by atoms with E-state index in [0.29, 0.717) is 11.6 Å². The van der Waals surface area contributed by atoms with Crippen LogP contribution in [0.15, 0.2) is 12.3 Å². The van der Waals surface area contributed by atoms with Gasteiger partial charge in [0.15, 0.2) is 0 Å². The topological polar surface area (TPSA) is 44.0 Å². The summed E-state index contributed by atoms with van der Waals surface area (Å²) in [5.74, 6) is 0.834. The van der Waals surface area contributed by atoms with Gasteiger partial charge in [0.1, 0.15) is 0 Å². The summed E-state index contributed by atoms with van der Waals surface area (Å²) in [5.41, 5.74) is 1.48. The maximum absolute atomic E-state index is 4.03. The molecule has 19 heavy (non-hydrogen) atoms. The molecule has 3 unspecified atom stereocenters. The predicted molar refractivity (Wildman–Crippen MR) is 79.1 cm³/mol. The first-order chi connectivity index (χ1) is 9.03. The Kier molecular flexibility index (Phi) is 4.63. The molecule has 0 aliphatic heterocycles. The van der Waals surface area contributed by atoms with Crippen molar-refractivity contribution in [1.29, 1.82) is 0 Å². The molecule has 0 bridgehead atoms. The summed E-state index contributed by atoms with van der Waals surface area (Å²) in [6, 6.07) is 2.38. The van der Waals surface area contributed by atoms with Gasteiger partial charge in [0.25, 0.3) is 0 Å². The minimum atomic E-state index is 0.311. The van der Waals surface area contributed by atoms with Crippen molar-refractivity contribution >= 4 is 0 Å². The van der Waals surface area contributed by atoms with E-state index in [2.05, 4.69) is 48.4 Å². The second kappa shape index (κ2) is 6.06. The van der Waals surface area contributed by atoms with E-state index in [1.165, 1.54) is 25.7 Å². The molecule has 3 atom stereocenters. The van der Waals surface area contributed by atoms with Crippen LogP contribution in [0.5, 0.6) is 0 Å². The molecule has 0 radical (unpaired) electrons. The molecule has 2 rings (SSSR count). The second-order valence-electron chi connectivity index (χ2n) is 6.43. The number of nitrogens with one attached hydrogen (secondary N) is 2. The Labute approximate surface area is 117 Å². The highest BCUT2D eigenvalue weighted by atomic mass is 15.2. The first-order valence-electron chi connectivity index (χ1n) is 7.43. The summed E-state index contributed by atoms with van der Waals surface area (Å²) in [4.78, 5) is 2.43. The third kappa shape index (κ3) is 3.37. The number of aromatic amines is 1. The molecular formula is C15H28N4. The quantitative estimate of drug-likeness (QED) is 0.859. The van der Waals surface area contributed by atoms with E-state index < -0.39 is 0 Å². The van der Waals surface area contributed by atoms with Gasteiger partial charge in [0.05, 0.1) is 5.69 Å². The summed E-state index contributed by atoms with van der Waals surface area (Å²) in [6.07, 6.45) is 7.14. The summed E-state index contributed by atoms with van der Waals surface area (Å²) in [7, 11) is 4.45. The lowest BCUT2D eigenvalue weighted by molar-refractivity contribution is 0.0727. The normalized spacial score (nSPS) is 29.6. The van der Waals surface area contributed by atoms with Crippen molar-refractivity contribution in [2.24, 2.45) is 5.92 Å². The SMILES string of the molecule is CC1CCCC(CNC(C)c2ccn[nH]2)(N(C)C)C1. The molecule has 1 saturated carbocycles. The predicted octanol–water partition coefficient (Wildman–Crippen LogP) is 2.57. The number of aromatic nitrogens is 2. The molecule has 0 amide bonds. The summed E-state index contributed by atoms with van der Waals surface area (Å²) in [6.45, 7) is 5.63. The second-order valence-corrected chi connectivity index (χ2v) is 6.43. The first kappa shape index (κ1) is 14.5. The zero-order chi connectivity index (χ0) is 13.9. The smallest absolute Gasteiger partial charge is 0.0518 e. The van der Waals surface area contributed by atoms with Crippen molar-refractivity contribution in [3.05, 3.63) is 18.0 Å². The monoisotopic (exact) mass is 264 g/mol. The van der Waals surface area contributed by atoms with Gasteiger partial charge in [0.2, 0.25) is 0 Å². The van der Waals surface area contributed by atoms with Crippen LogP contribution in [0.25, 0.3) is 0 Å². The van der Waals surface area contributed by atoms with Gasteiger partial charge in [-0.2, -0.15) is 5.10 Å². The van der Waals surface area contributed by atoms with Gasteiger partial charge in [0, 0.05) is 24.3 Å². The van der Waals surface area contributed by atoms with Gasteiger partial charge in [-0.3, -0.25) is 5.10 Å². The number of rotatable bonds is 5. The van der Waals surface area contributed by atoms with E-state index in [1.807, 2.05) is 12.3 Å². The molecule has 4 nitrogen and oxygen atoms in total. The Morgan fingerprint density at radius 3 is 2.95 bits per heavy atom. The van der Waals surface area contributed by atoms with Crippen LogP contribution in [0.2, 0.25) is 0 Å². The Bertz CT molecular complexity index is 374. The van der Waals surface area contributed by atoms with Gasteiger partial charge in [-0.1, -0.05) is 19.8 Å².